The lowest BCUT2D eigenvalue weighted by atomic mass is 10.3. The lowest BCUT2D eigenvalue weighted by Crippen LogP contribution is -2.24. The minimum absolute atomic E-state index is 0.113. The van der Waals surface area contributed by atoms with Crippen LogP contribution in [0.4, 0.5) is 10.1 Å². The van der Waals surface area contributed by atoms with Crippen molar-refractivity contribution in [2.45, 2.75) is 23.9 Å². The first kappa shape index (κ1) is 20.0. The highest BCUT2D eigenvalue weighted by atomic mass is 35.5. The minimum Gasteiger partial charge on any atom is -0.486 e. The molecular formula is C18H17ClFN5O2S. The van der Waals surface area contributed by atoms with Crippen LogP contribution in [0.2, 0.25) is 5.02 Å². The van der Waals surface area contributed by atoms with Gasteiger partial charge in [0.25, 0.3) is 0 Å². The predicted molar refractivity (Wildman–Crippen MR) is 106 cm³/mol. The van der Waals surface area contributed by atoms with Crippen LogP contribution in [-0.4, -0.2) is 26.0 Å². The normalized spacial score (nSPS) is 11.8. The first-order valence-corrected chi connectivity index (χ1v) is 9.49. The Morgan fingerprint density at radius 1 is 1.25 bits per heavy atom. The summed E-state index contributed by atoms with van der Waals surface area (Å²) in [5.74, 6) is 6.40. The van der Waals surface area contributed by atoms with E-state index in [1.54, 1.807) is 31.2 Å². The van der Waals surface area contributed by atoms with E-state index in [2.05, 4.69) is 15.5 Å². The number of ether oxygens (including phenoxy) is 1. The average molecular weight is 422 g/mol. The van der Waals surface area contributed by atoms with E-state index in [-0.39, 0.29) is 18.3 Å². The molecule has 7 nitrogen and oxygen atoms in total. The maximum Gasteiger partial charge on any atom is 0.237 e. The van der Waals surface area contributed by atoms with Gasteiger partial charge >= 0.3 is 0 Å². The van der Waals surface area contributed by atoms with Crippen molar-refractivity contribution in [1.82, 2.24) is 14.9 Å². The maximum absolute atomic E-state index is 12.9. The molecule has 0 aliphatic heterocycles. The molecule has 0 saturated heterocycles. The Balaban J connectivity index is 1.57. The van der Waals surface area contributed by atoms with Gasteiger partial charge in [0.1, 0.15) is 18.2 Å². The van der Waals surface area contributed by atoms with Crippen LogP contribution in [0.15, 0.2) is 53.7 Å². The standard InChI is InChI=1S/C18H17ClFN5O2S/c1-11(17(26)22-14-6-4-13(20)5-7-14)28-18-24-23-16(25(18)21)10-27-15-8-2-12(19)3-9-15/h2-9,11H,10,21H2,1H3,(H,22,26)/t11-/m1/s1. The number of nitrogens with two attached hydrogens (primary N) is 1. The average Bonchev–Trinajstić information content (AvgIpc) is 3.03. The lowest BCUT2D eigenvalue weighted by molar-refractivity contribution is -0.115. The van der Waals surface area contributed by atoms with E-state index in [1.807, 2.05) is 0 Å². The summed E-state index contributed by atoms with van der Waals surface area (Å²) < 4.78 is 19.8. The van der Waals surface area contributed by atoms with Gasteiger partial charge in [-0.2, -0.15) is 0 Å². The zero-order valence-corrected chi connectivity index (χ0v) is 16.4. The summed E-state index contributed by atoms with van der Waals surface area (Å²) in [6.45, 7) is 1.82. The third-order valence-corrected chi connectivity index (χ3v) is 4.99. The molecule has 1 atom stereocenters. The summed E-state index contributed by atoms with van der Waals surface area (Å²) in [6, 6.07) is 12.4. The number of nitrogen functional groups attached to an aromatic ring is 1. The van der Waals surface area contributed by atoms with Gasteiger partial charge in [0, 0.05) is 10.7 Å². The van der Waals surface area contributed by atoms with Gasteiger partial charge in [-0.3, -0.25) is 4.79 Å². The SMILES string of the molecule is C[C@@H](Sc1nnc(COc2ccc(Cl)cc2)n1N)C(=O)Nc1ccc(F)cc1. The van der Waals surface area contributed by atoms with E-state index in [0.29, 0.717) is 27.4 Å². The molecule has 146 valence electrons. The Morgan fingerprint density at radius 3 is 2.61 bits per heavy atom. The zero-order valence-electron chi connectivity index (χ0n) is 14.8. The molecule has 0 radical (unpaired) electrons. The van der Waals surface area contributed by atoms with E-state index >= 15 is 0 Å². The third-order valence-electron chi connectivity index (χ3n) is 3.68. The number of nitrogens with zero attached hydrogens (tertiary/aromatic N) is 3. The molecule has 0 fully saturated rings. The second-order valence-corrected chi connectivity index (χ2v) is 7.51. The summed E-state index contributed by atoms with van der Waals surface area (Å²) >= 11 is 6.99. The fraction of sp³-hybridized carbons (Fsp3) is 0.167. The van der Waals surface area contributed by atoms with Crippen molar-refractivity contribution >= 4 is 35.0 Å². The molecule has 2 aromatic carbocycles. The van der Waals surface area contributed by atoms with Gasteiger partial charge in [-0.15, -0.1) is 10.2 Å². The summed E-state index contributed by atoms with van der Waals surface area (Å²) in [6.07, 6.45) is 0. The molecule has 0 saturated carbocycles. The molecule has 3 N–H and O–H groups in total. The highest BCUT2D eigenvalue weighted by molar-refractivity contribution is 8.00. The van der Waals surface area contributed by atoms with E-state index in [4.69, 9.17) is 22.2 Å². The van der Waals surface area contributed by atoms with Gasteiger partial charge in [-0.1, -0.05) is 23.4 Å². The number of thioether (sulfide) groups is 1. The smallest absolute Gasteiger partial charge is 0.237 e. The molecule has 0 unspecified atom stereocenters. The number of nitrogens with one attached hydrogen (secondary N) is 1. The number of aromatic nitrogens is 3. The van der Waals surface area contributed by atoms with Crippen molar-refractivity contribution in [1.29, 1.82) is 0 Å². The number of carbonyl (C=O) groups is 1. The Morgan fingerprint density at radius 2 is 1.93 bits per heavy atom. The lowest BCUT2D eigenvalue weighted by Gasteiger charge is -2.11. The summed E-state index contributed by atoms with van der Waals surface area (Å²) in [5, 5.41) is 11.2. The molecule has 3 rings (SSSR count). The number of hydrogen-bond acceptors (Lipinski definition) is 6. The fourth-order valence-corrected chi connectivity index (χ4v) is 3.07. The van der Waals surface area contributed by atoms with Crippen molar-refractivity contribution in [3.8, 4) is 5.75 Å². The topological polar surface area (TPSA) is 95.1 Å². The monoisotopic (exact) mass is 421 g/mol. The highest BCUT2D eigenvalue weighted by Crippen LogP contribution is 2.23. The minimum atomic E-state index is -0.499. The molecular weight excluding hydrogens is 405 g/mol. The molecule has 10 heteroatoms. The van der Waals surface area contributed by atoms with Crippen molar-refractivity contribution in [2.24, 2.45) is 0 Å². The quantitative estimate of drug-likeness (QED) is 0.448. The number of halogens is 2. The Bertz CT molecular complexity index is 950. The van der Waals surface area contributed by atoms with E-state index in [9.17, 15) is 9.18 Å². The molecule has 1 aromatic heterocycles. The van der Waals surface area contributed by atoms with Crippen LogP contribution in [0.5, 0.6) is 5.75 Å². The third kappa shape index (κ3) is 5.14. The first-order chi connectivity index (χ1) is 13.4. The van der Waals surface area contributed by atoms with Crippen molar-refractivity contribution < 1.29 is 13.9 Å². The molecule has 0 spiro atoms. The Labute approximate surface area is 170 Å². The molecule has 0 aliphatic carbocycles. The zero-order chi connectivity index (χ0) is 20.1. The number of benzene rings is 2. The van der Waals surface area contributed by atoms with E-state index in [1.165, 1.54) is 28.9 Å². The van der Waals surface area contributed by atoms with Crippen LogP contribution < -0.4 is 15.9 Å². The first-order valence-electron chi connectivity index (χ1n) is 8.23. The Hall–Kier alpha value is -2.78. The molecule has 1 heterocycles. The highest BCUT2D eigenvalue weighted by Gasteiger charge is 2.19. The fourth-order valence-electron chi connectivity index (χ4n) is 2.15. The maximum atomic E-state index is 12.9. The summed E-state index contributed by atoms with van der Waals surface area (Å²) in [5.41, 5.74) is 0.505. The molecule has 0 bridgehead atoms. The van der Waals surface area contributed by atoms with Gasteiger partial charge in [0.15, 0.2) is 5.82 Å². The summed E-state index contributed by atoms with van der Waals surface area (Å²) in [7, 11) is 0. The van der Waals surface area contributed by atoms with Crippen LogP contribution in [0.1, 0.15) is 12.7 Å². The van der Waals surface area contributed by atoms with Gasteiger partial charge in [-0.25, -0.2) is 9.07 Å². The number of anilines is 1. The van der Waals surface area contributed by atoms with Crippen LogP contribution in [0, 0.1) is 5.82 Å². The number of carbonyl (C=O) groups excluding carboxylic acids is 1. The second-order valence-electron chi connectivity index (χ2n) is 5.77. The molecule has 0 aliphatic rings. The van der Waals surface area contributed by atoms with E-state index in [0.717, 1.165) is 11.8 Å². The largest absolute Gasteiger partial charge is 0.486 e. The second kappa shape index (κ2) is 8.94. The van der Waals surface area contributed by atoms with Crippen LogP contribution in [0.3, 0.4) is 0 Å². The number of hydrogen-bond donors (Lipinski definition) is 2. The van der Waals surface area contributed by atoms with Crippen molar-refractivity contribution in [3.05, 3.63) is 65.2 Å². The molecule has 3 aromatic rings. The van der Waals surface area contributed by atoms with Crippen molar-refractivity contribution in [3.63, 3.8) is 0 Å². The number of amides is 1. The molecule has 1 amide bonds. The van der Waals surface area contributed by atoms with Crippen LogP contribution in [0.25, 0.3) is 0 Å². The van der Waals surface area contributed by atoms with Crippen LogP contribution in [-0.2, 0) is 11.4 Å². The molecule has 28 heavy (non-hydrogen) atoms. The van der Waals surface area contributed by atoms with Crippen LogP contribution >= 0.6 is 23.4 Å². The van der Waals surface area contributed by atoms with E-state index < -0.39 is 5.25 Å². The van der Waals surface area contributed by atoms with Gasteiger partial charge < -0.3 is 15.9 Å². The number of rotatable bonds is 7. The van der Waals surface area contributed by atoms with Gasteiger partial charge in [0.2, 0.25) is 11.1 Å². The van der Waals surface area contributed by atoms with Gasteiger partial charge in [-0.05, 0) is 55.5 Å². The Kier molecular flexibility index (Phi) is 6.37. The van der Waals surface area contributed by atoms with Crippen molar-refractivity contribution in [2.75, 3.05) is 11.2 Å². The summed E-state index contributed by atoms with van der Waals surface area (Å²) in [4.78, 5) is 12.3. The van der Waals surface area contributed by atoms with Gasteiger partial charge in [0.05, 0.1) is 5.25 Å². The predicted octanol–water partition coefficient (Wildman–Crippen LogP) is 3.48.